The second kappa shape index (κ2) is 5.86. The lowest BCUT2D eigenvalue weighted by molar-refractivity contribution is 0.550. The van der Waals surface area contributed by atoms with Gasteiger partial charge in [0.2, 0.25) is 0 Å². The van der Waals surface area contributed by atoms with Gasteiger partial charge in [0, 0.05) is 12.7 Å². The van der Waals surface area contributed by atoms with Gasteiger partial charge < -0.3 is 5.32 Å². The van der Waals surface area contributed by atoms with E-state index in [0.29, 0.717) is 5.92 Å². The van der Waals surface area contributed by atoms with Gasteiger partial charge in [-0.05, 0) is 18.4 Å². The number of nitrogens with one attached hydrogen (secondary N) is 1. The summed E-state index contributed by atoms with van der Waals surface area (Å²) in [6.45, 7) is 5.40. The van der Waals surface area contributed by atoms with Crippen molar-refractivity contribution < 1.29 is 0 Å². The summed E-state index contributed by atoms with van der Waals surface area (Å²) < 4.78 is 0. The molecular weight excluding hydrogens is 196 g/mol. The molecule has 0 aliphatic heterocycles. The zero-order valence-corrected chi connectivity index (χ0v) is 9.51. The Morgan fingerprint density at radius 2 is 2.36 bits per heavy atom. The van der Waals surface area contributed by atoms with E-state index in [2.05, 4.69) is 24.1 Å². The molecule has 0 bridgehead atoms. The molecule has 14 heavy (non-hydrogen) atoms. The first-order valence-corrected chi connectivity index (χ1v) is 5.45. The number of hydrogen-bond donors (Lipinski definition) is 1. The standard InChI is InChI=1S/C11H17ClN2/c1-3-4-9(2)7-14-11-8-13-6-5-10(11)12/h5-6,8-9,14H,3-4,7H2,1-2H3. The number of hydrogen-bond acceptors (Lipinski definition) is 2. The molecule has 78 valence electrons. The first kappa shape index (κ1) is 11.3. The zero-order valence-electron chi connectivity index (χ0n) is 8.76. The second-order valence-electron chi connectivity index (χ2n) is 3.63. The van der Waals surface area contributed by atoms with Crippen LogP contribution in [0.4, 0.5) is 5.69 Å². The van der Waals surface area contributed by atoms with Gasteiger partial charge in [-0.1, -0.05) is 31.9 Å². The molecule has 0 aliphatic carbocycles. The predicted molar refractivity (Wildman–Crippen MR) is 61.8 cm³/mol. The topological polar surface area (TPSA) is 24.9 Å². The largest absolute Gasteiger partial charge is 0.382 e. The van der Waals surface area contributed by atoms with Gasteiger partial charge in [0.1, 0.15) is 0 Å². The summed E-state index contributed by atoms with van der Waals surface area (Å²) in [6.07, 6.45) is 5.93. The molecule has 1 aromatic rings. The molecule has 0 saturated heterocycles. The van der Waals surface area contributed by atoms with Crippen LogP contribution in [0.2, 0.25) is 5.02 Å². The van der Waals surface area contributed by atoms with Crippen molar-refractivity contribution in [3.8, 4) is 0 Å². The van der Waals surface area contributed by atoms with Gasteiger partial charge in [-0.25, -0.2) is 0 Å². The highest BCUT2D eigenvalue weighted by molar-refractivity contribution is 6.33. The van der Waals surface area contributed by atoms with Crippen LogP contribution in [0.5, 0.6) is 0 Å². The van der Waals surface area contributed by atoms with Gasteiger partial charge in [0.05, 0.1) is 16.9 Å². The summed E-state index contributed by atoms with van der Waals surface area (Å²) in [5.74, 6) is 0.677. The van der Waals surface area contributed by atoms with Crippen molar-refractivity contribution >= 4 is 17.3 Å². The normalized spacial score (nSPS) is 12.5. The summed E-state index contributed by atoms with van der Waals surface area (Å²) in [4.78, 5) is 4.02. The van der Waals surface area contributed by atoms with E-state index in [9.17, 15) is 0 Å². The second-order valence-corrected chi connectivity index (χ2v) is 4.04. The van der Waals surface area contributed by atoms with E-state index in [-0.39, 0.29) is 0 Å². The zero-order chi connectivity index (χ0) is 10.4. The molecule has 0 amide bonds. The Kier molecular flexibility index (Phi) is 4.74. The Balaban J connectivity index is 2.41. The van der Waals surface area contributed by atoms with Crippen LogP contribution in [-0.2, 0) is 0 Å². The van der Waals surface area contributed by atoms with E-state index in [0.717, 1.165) is 17.3 Å². The maximum Gasteiger partial charge on any atom is 0.0716 e. The molecule has 0 spiro atoms. The van der Waals surface area contributed by atoms with Crippen molar-refractivity contribution in [3.05, 3.63) is 23.5 Å². The fourth-order valence-electron chi connectivity index (χ4n) is 1.39. The average Bonchev–Trinajstić information content (AvgIpc) is 2.17. The lowest BCUT2D eigenvalue weighted by atomic mass is 10.1. The molecule has 0 aliphatic rings. The van der Waals surface area contributed by atoms with Gasteiger partial charge in [0.25, 0.3) is 0 Å². The number of anilines is 1. The van der Waals surface area contributed by atoms with Crippen LogP contribution in [-0.4, -0.2) is 11.5 Å². The highest BCUT2D eigenvalue weighted by atomic mass is 35.5. The SMILES string of the molecule is CCCC(C)CNc1cnccc1Cl. The van der Waals surface area contributed by atoms with Gasteiger partial charge in [-0.2, -0.15) is 0 Å². The Morgan fingerprint density at radius 3 is 3.00 bits per heavy atom. The fraction of sp³-hybridized carbons (Fsp3) is 0.545. The minimum Gasteiger partial charge on any atom is -0.382 e. The van der Waals surface area contributed by atoms with E-state index >= 15 is 0 Å². The van der Waals surface area contributed by atoms with E-state index in [1.54, 1.807) is 18.5 Å². The minimum atomic E-state index is 0.677. The van der Waals surface area contributed by atoms with Crippen LogP contribution < -0.4 is 5.32 Å². The molecule has 3 heteroatoms. The summed E-state index contributed by atoms with van der Waals surface area (Å²) in [6, 6.07) is 1.80. The molecule has 0 radical (unpaired) electrons. The van der Waals surface area contributed by atoms with Gasteiger partial charge in [-0.3, -0.25) is 4.98 Å². The maximum absolute atomic E-state index is 5.98. The Labute approximate surface area is 90.7 Å². The first-order valence-electron chi connectivity index (χ1n) is 5.07. The third kappa shape index (κ3) is 3.54. The minimum absolute atomic E-state index is 0.677. The maximum atomic E-state index is 5.98. The van der Waals surface area contributed by atoms with E-state index in [1.165, 1.54) is 12.8 Å². The van der Waals surface area contributed by atoms with Gasteiger partial charge >= 0.3 is 0 Å². The molecule has 0 aromatic carbocycles. The van der Waals surface area contributed by atoms with Crippen molar-refractivity contribution in [1.82, 2.24) is 4.98 Å². The number of nitrogens with zero attached hydrogens (tertiary/aromatic N) is 1. The molecular formula is C11H17ClN2. The lowest BCUT2D eigenvalue weighted by Gasteiger charge is -2.12. The van der Waals surface area contributed by atoms with Crippen LogP contribution in [0.15, 0.2) is 18.5 Å². The van der Waals surface area contributed by atoms with Crippen LogP contribution >= 0.6 is 11.6 Å². The summed E-state index contributed by atoms with van der Waals surface area (Å²) in [5.41, 5.74) is 0.928. The van der Waals surface area contributed by atoms with E-state index in [4.69, 9.17) is 11.6 Å². The monoisotopic (exact) mass is 212 g/mol. The third-order valence-electron chi connectivity index (χ3n) is 2.19. The quantitative estimate of drug-likeness (QED) is 0.807. The average molecular weight is 213 g/mol. The first-order chi connectivity index (χ1) is 6.74. The molecule has 0 saturated carbocycles. The third-order valence-corrected chi connectivity index (χ3v) is 2.52. The molecule has 1 unspecified atom stereocenters. The van der Waals surface area contributed by atoms with Crippen LogP contribution in [0, 0.1) is 5.92 Å². The van der Waals surface area contributed by atoms with Crippen molar-refractivity contribution in [2.45, 2.75) is 26.7 Å². The summed E-state index contributed by atoms with van der Waals surface area (Å²) >= 11 is 5.98. The number of rotatable bonds is 5. The molecule has 1 aromatic heterocycles. The predicted octanol–water partition coefficient (Wildman–Crippen LogP) is 3.58. The molecule has 1 atom stereocenters. The molecule has 2 nitrogen and oxygen atoms in total. The number of halogens is 1. The smallest absolute Gasteiger partial charge is 0.0716 e. The van der Waals surface area contributed by atoms with Crippen LogP contribution in [0.25, 0.3) is 0 Å². The molecule has 1 N–H and O–H groups in total. The van der Waals surface area contributed by atoms with Crippen molar-refractivity contribution in [2.24, 2.45) is 5.92 Å². The summed E-state index contributed by atoms with van der Waals surface area (Å²) in [5, 5.41) is 4.04. The highest BCUT2D eigenvalue weighted by Crippen LogP contribution is 2.19. The van der Waals surface area contributed by atoms with Crippen LogP contribution in [0.1, 0.15) is 26.7 Å². The Hall–Kier alpha value is -0.760. The van der Waals surface area contributed by atoms with Gasteiger partial charge in [0.15, 0.2) is 0 Å². The fourth-order valence-corrected chi connectivity index (χ4v) is 1.56. The van der Waals surface area contributed by atoms with Gasteiger partial charge in [-0.15, -0.1) is 0 Å². The number of aromatic nitrogens is 1. The lowest BCUT2D eigenvalue weighted by Crippen LogP contribution is -2.11. The number of pyridine rings is 1. The Bertz CT molecular complexity index is 276. The van der Waals surface area contributed by atoms with Crippen molar-refractivity contribution in [2.75, 3.05) is 11.9 Å². The molecule has 1 heterocycles. The summed E-state index contributed by atoms with van der Waals surface area (Å²) in [7, 11) is 0. The van der Waals surface area contributed by atoms with Crippen molar-refractivity contribution in [1.29, 1.82) is 0 Å². The molecule has 1 rings (SSSR count). The molecule has 0 fully saturated rings. The highest BCUT2D eigenvalue weighted by Gasteiger charge is 2.02. The van der Waals surface area contributed by atoms with Crippen molar-refractivity contribution in [3.63, 3.8) is 0 Å². The van der Waals surface area contributed by atoms with Crippen LogP contribution in [0.3, 0.4) is 0 Å². The van der Waals surface area contributed by atoms with E-state index < -0.39 is 0 Å². The van der Waals surface area contributed by atoms with E-state index in [1.807, 2.05) is 0 Å². The Morgan fingerprint density at radius 1 is 1.57 bits per heavy atom.